The molecule has 0 radical (unpaired) electrons. The predicted molar refractivity (Wildman–Crippen MR) is 65.6 cm³/mol. The Hall–Kier alpha value is -1.10. The van der Waals surface area contributed by atoms with Gasteiger partial charge >= 0.3 is 0 Å². The molecule has 0 aliphatic carbocycles. The lowest BCUT2D eigenvalue weighted by Crippen LogP contribution is -2.38. The Balaban J connectivity index is 2.33. The zero-order valence-electron chi connectivity index (χ0n) is 9.45. The summed E-state index contributed by atoms with van der Waals surface area (Å²) in [5.41, 5.74) is 1.14. The molecule has 1 rings (SSSR count). The predicted octanol–water partition coefficient (Wildman–Crippen LogP) is 1.28. The topological polar surface area (TPSA) is 41.9 Å². The first-order valence-electron chi connectivity index (χ1n) is 5.17. The van der Waals surface area contributed by atoms with E-state index in [1.807, 2.05) is 17.1 Å². The lowest BCUT2D eigenvalue weighted by atomic mass is 10.3. The summed E-state index contributed by atoms with van der Waals surface area (Å²) in [6.45, 7) is 7.80. The average Bonchev–Trinajstić information content (AvgIpc) is 2.61. The molecule has 1 aromatic heterocycles. The largest absolute Gasteiger partial charge is 0.361 e. The number of thiocarbonyl (C=S) groups is 1. The molecular formula is C10H18N4S. The van der Waals surface area contributed by atoms with Gasteiger partial charge in [0.25, 0.3) is 0 Å². The summed E-state index contributed by atoms with van der Waals surface area (Å²) in [4.78, 5) is 0. The van der Waals surface area contributed by atoms with Gasteiger partial charge in [-0.05, 0) is 33.0 Å². The molecule has 0 atom stereocenters. The highest BCUT2D eigenvalue weighted by Crippen LogP contribution is 1.96. The molecule has 0 spiro atoms. The highest BCUT2D eigenvalue weighted by atomic mass is 32.1. The minimum absolute atomic E-state index is 0.364. The molecule has 1 aromatic rings. The Morgan fingerprint density at radius 1 is 1.60 bits per heavy atom. The highest BCUT2D eigenvalue weighted by Gasteiger charge is 2.00. The van der Waals surface area contributed by atoms with E-state index in [0.29, 0.717) is 11.2 Å². The normalized spacial score (nSPS) is 10.4. The maximum atomic E-state index is 5.12. The molecule has 1 heterocycles. The third-order valence-corrected chi connectivity index (χ3v) is 2.15. The minimum Gasteiger partial charge on any atom is -0.361 e. The molecule has 2 N–H and O–H groups in total. The second kappa shape index (κ2) is 5.70. The van der Waals surface area contributed by atoms with Crippen molar-refractivity contribution in [3.05, 3.63) is 18.0 Å². The molecule has 4 nitrogen and oxygen atoms in total. The summed E-state index contributed by atoms with van der Waals surface area (Å²) in [6, 6.07) is 0.364. The standard InChI is InChI=1S/C10H18N4S/c1-4-14-7-9(6-12-14)5-11-10(15)13-8(2)3/h6-8H,4-5H2,1-3H3,(H2,11,13,15). The third-order valence-electron chi connectivity index (χ3n) is 1.88. The van der Waals surface area contributed by atoms with Gasteiger partial charge in [-0.3, -0.25) is 4.68 Å². The van der Waals surface area contributed by atoms with Gasteiger partial charge in [-0.25, -0.2) is 0 Å². The van der Waals surface area contributed by atoms with Crippen LogP contribution in [0.4, 0.5) is 0 Å². The van der Waals surface area contributed by atoms with E-state index in [4.69, 9.17) is 12.2 Å². The quantitative estimate of drug-likeness (QED) is 0.759. The van der Waals surface area contributed by atoms with Crippen LogP contribution in [-0.2, 0) is 13.1 Å². The van der Waals surface area contributed by atoms with Gasteiger partial charge in [-0.1, -0.05) is 0 Å². The van der Waals surface area contributed by atoms with Crippen LogP contribution in [0.25, 0.3) is 0 Å². The van der Waals surface area contributed by atoms with Crippen LogP contribution >= 0.6 is 12.2 Å². The van der Waals surface area contributed by atoms with Crippen LogP contribution < -0.4 is 10.6 Å². The van der Waals surface area contributed by atoms with E-state index in [9.17, 15) is 0 Å². The summed E-state index contributed by atoms with van der Waals surface area (Å²) in [6.07, 6.45) is 3.87. The molecule has 5 heteroatoms. The van der Waals surface area contributed by atoms with Crippen molar-refractivity contribution in [2.45, 2.75) is 39.9 Å². The van der Waals surface area contributed by atoms with E-state index in [1.54, 1.807) is 0 Å². The summed E-state index contributed by atoms with van der Waals surface area (Å²) >= 11 is 5.12. The second-order valence-corrected chi connectivity index (χ2v) is 4.09. The SMILES string of the molecule is CCn1cc(CNC(=S)NC(C)C)cn1. The van der Waals surface area contributed by atoms with E-state index in [2.05, 4.69) is 36.5 Å². The van der Waals surface area contributed by atoms with Crippen molar-refractivity contribution in [2.24, 2.45) is 0 Å². The lowest BCUT2D eigenvalue weighted by molar-refractivity contribution is 0.658. The van der Waals surface area contributed by atoms with Crippen molar-refractivity contribution >= 4 is 17.3 Å². The number of hydrogen-bond acceptors (Lipinski definition) is 2. The van der Waals surface area contributed by atoms with Crippen molar-refractivity contribution in [3.63, 3.8) is 0 Å². The Bertz CT molecular complexity index is 319. The smallest absolute Gasteiger partial charge is 0.166 e. The number of rotatable bonds is 4. The number of aryl methyl sites for hydroxylation is 1. The fourth-order valence-electron chi connectivity index (χ4n) is 1.17. The van der Waals surface area contributed by atoms with Gasteiger partial charge in [0.15, 0.2) is 5.11 Å². The average molecular weight is 226 g/mol. The van der Waals surface area contributed by atoms with E-state index in [0.717, 1.165) is 18.7 Å². The molecule has 0 aliphatic heterocycles. The van der Waals surface area contributed by atoms with Gasteiger partial charge in [-0.2, -0.15) is 5.10 Å². The summed E-state index contributed by atoms with van der Waals surface area (Å²) in [5.74, 6) is 0. The van der Waals surface area contributed by atoms with Gasteiger partial charge in [0, 0.05) is 30.9 Å². The molecule has 0 saturated heterocycles. The maximum absolute atomic E-state index is 5.12. The van der Waals surface area contributed by atoms with Crippen LogP contribution in [0.5, 0.6) is 0 Å². The van der Waals surface area contributed by atoms with Crippen molar-refractivity contribution in [2.75, 3.05) is 0 Å². The fraction of sp³-hybridized carbons (Fsp3) is 0.600. The van der Waals surface area contributed by atoms with Crippen LogP contribution in [0.3, 0.4) is 0 Å². The maximum Gasteiger partial charge on any atom is 0.166 e. The van der Waals surface area contributed by atoms with E-state index in [1.165, 1.54) is 0 Å². The number of aromatic nitrogens is 2. The lowest BCUT2D eigenvalue weighted by Gasteiger charge is -2.12. The molecule has 0 saturated carbocycles. The molecule has 0 aliphatic rings. The zero-order chi connectivity index (χ0) is 11.3. The van der Waals surface area contributed by atoms with E-state index in [-0.39, 0.29) is 0 Å². The number of hydrogen-bond donors (Lipinski definition) is 2. The first kappa shape index (κ1) is 12.0. The van der Waals surface area contributed by atoms with E-state index < -0.39 is 0 Å². The van der Waals surface area contributed by atoms with Crippen LogP contribution in [-0.4, -0.2) is 20.9 Å². The highest BCUT2D eigenvalue weighted by molar-refractivity contribution is 7.80. The molecule has 84 valence electrons. The Labute approximate surface area is 96.1 Å². The summed E-state index contributed by atoms with van der Waals surface area (Å²) in [5, 5.41) is 11.1. The molecule has 0 aromatic carbocycles. The van der Waals surface area contributed by atoms with Crippen LogP contribution in [0.2, 0.25) is 0 Å². The van der Waals surface area contributed by atoms with Gasteiger partial charge in [0.2, 0.25) is 0 Å². The Morgan fingerprint density at radius 3 is 2.87 bits per heavy atom. The number of nitrogens with one attached hydrogen (secondary N) is 2. The fourth-order valence-corrected chi connectivity index (χ4v) is 1.47. The van der Waals surface area contributed by atoms with Crippen molar-refractivity contribution in [1.29, 1.82) is 0 Å². The third kappa shape index (κ3) is 4.29. The summed E-state index contributed by atoms with van der Waals surface area (Å²) < 4.78 is 1.90. The van der Waals surface area contributed by atoms with Crippen LogP contribution in [0, 0.1) is 0 Å². The molecule has 0 fully saturated rings. The zero-order valence-corrected chi connectivity index (χ0v) is 10.3. The number of nitrogens with zero attached hydrogens (tertiary/aromatic N) is 2. The van der Waals surface area contributed by atoms with Crippen molar-refractivity contribution in [1.82, 2.24) is 20.4 Å². The van der Waals surface area contributed by atoms with Crippen LogP contribution in [0.15, 0.2) is 12.4 Å². The molecule has 0 unspecified atom stereocenters. The van der Waals surface area contributed by atoms with Gasteiger partial charge in [0.1, 0.15) is 0 Å². The molecule has 0 amide bonds. The summed E-state index contributed by atoms with van der Waals surface area (Å²) in [7, 11) is 0. The first-order chi connectivity index (χ1) is 7.11. The monoisotopic (exact) mass is 226 g/mol. The van der Waals surface area contributed by atoms with Gasteiger partial charge < -0.3 is 10.6 Å². The van der Waals surface area contributed by atoms with E-state index >= 15 is 0 Å². The van der Waals surface area contributed by atoms with Crippen molar-refractivity contribution in [3.8, 4) is 0 Å². The van der Waals surface area contributed by atoms with Crippen LogP contribution in [0.1, 0.15) is 26.3 Å². The molecular weight excluding hydrogens is 208 g/mol. The first-order valence-corrected chi connectivity index (χ1v) is 5.58. The van der Waals surface area contributed by atoms with Crippen molar-refractivity contribution < 1.29 is 0 Å². The molecule has 15 heavy (non-hydrogen) atoms. The second-order valence-electron chi connectivity index (χ2n) is 3.69. The Kier molecular flexibility index (Phi) is 4.55. The molecule has 0 bridgehead atoms. The van der Waals surface area contributed by atoms with Gasteiger partial charge in [-0.15, -0.1) is 0 Å². The Morgan fingerprint density at radius 2 is 2.33 bits per heavy atom. The minimum atomic E-state index is 0.364. The van der Waals surface area contributed by atoms with Gasteiger partial charge in [0.05, 0.1) is 6.20 Å².